The van der Waals surface area contributed by atoms with Crippen molar-refractivity contribution < 1.29 is 0 Å². The van der Waals surface area contributed by atoms with Crippen LogP contribution in [0.1, 0.15) is 90.9 Å². The van der Waals surface area contributed by atoms with E-state index in [0.717, 1.165) is 5.92 Å². The first kappa shape index (κ1) is 22.7. The number of nitriles is 2. The molecule has 4 nitrogen and oxygen atoms in total. The van der Waals surface area contributed by atoms with Crippen LogP contribution in [-0.2, 0) is 0 Å². The van der Waals surface area contributed by atoms with E-state index < -0.39 is 0 Å². The molecule has 1 aliphatic rings. The highest BCUT2D eigenvalue weighted by atomic mass is 15.1. The summed E-state index contributed by atoms with van der Waals surface area (Å²) in [5.74, 6) is 0.942. The fourth-order valence-corrected chi connectivity index (χ4v) is 3.34. The van der Waals surface area contributed by atoms with E-state index in [4.69, 9.17) is 10.5 Å². The lowest BCUT2D eigenvalue weighted by Crippen LogP contribution is -2.34. The first-order valence-corrected chi connectivity index (χ1v) is 10.00. The number of hydrogen-bond acceptors (Lipinski definition) is 4. The number of nitrogens with zero attached hydrogens (tertiary/aromatic N) is 3. The van der Waals surface area contributed by atoms with Gasteiger partial charge in [0, 0.05) is 6.54 Å². The molecule has 0 bridgehead atoms. The van der Waals surface area contributed by atoms with Gasteiger partial charge in [-0.1, -0.05) is 71.6 Å². The lowest BCUT2D eigenvalue weighted by Gasteiger charge is -2.30. The van der Waals surface area contributed by atoms with Gasteiger partial charge in [-0.3, -0.25) is 0 Å². The maximum absolute atomic E-state index is 7.48. The summed E-state index contributed by atoms with van der Waals surface area (Å²) >= 11 is 0. The van der Waals surface area contributed by atoms with Crippen molar-refractivity contribution in [2.45, 2.75) is 90.9 Å². The van der Waals surface area contributed by atoms with Crippen molar-refractivity contribution >= 4 is 0 Å². The van der Waals surface area contributed by atoms with Gasteiger partial charge in [-0.2, -0.15) is 10.5 Å². The summed E-state index contributed by atoms with van der Waals surface area (Å²) in [6, 6.07) is 0. The number of unbranched alkanes of at least 4 members (excludes halogenated alkanes) is 9. The SMILES string of the molecule is CCCCCCCCCCCCN1CCCC(C)C1.N#CNC#N. The molecule has 4 heteroatoms. The van der Waals surface area contributed by atoms with E-state index in [9.17, 15) is 0 Å². The minimum Gasteiger partial charge on any atom is -0.303 e. The summed E-state index contributed by atoms with van der Waals surface area (Å²) in [6.07, 6.45) is 20.2. The third-order valence-corrected chi connectivity index (χ3v) is 4.68. The largest absolute Gasteiger partial charge is 0.303 e. The van der Waals surface area contributed by atoms with E-state index in [1.165, 1.54) is 109 Å². The molecule has 1 rings (SSSR count). The molecule has 1 N–H and O–H groups in total. The maximum Gasteiger partial charge on any atom is 0.190 e. The summed E-state index contributed by atoms with van der Waals surface area (Å²) in [6.45, 7) is 8.79. The highest BCUT2D eigenvalue weighted by molar-refractivity contribution is 4.77. The smallest absolute Gasteiger partial charge is 0.190 e. The second-order valence-corrected chi connectivity index (χ2v) is 7.08. The van der Waals surface area contributed by atoms with Crippen molar-refractivity contribution in [2.24, 2.45) is 5.92 Å². The van der Waals surface area contributed by atoms with E-state index in [2.05, 4.69) is 18.7 Å². The summed E-state index contributed by atoms with van der Waals surface area (Å²) in [7, 11) is 0. The number of piperidine rings is 1. The number of hydrogen-bond donors (Lipinski definition) is 1. The van der Waals surface area contributed by atoms with Crippen LogP contribution in [0.2, 0.25) is 0 Å². The maximum atomic E-state index is 7.48. The average molecular weight is 335 g/mol. The fraction of sp³-hybridized carbons (Fsp3) is 0.900. The second-order valence-electron chi connectivity index (χ2n) is 7.08. The summed E-state index contributed by atoms with van der Waals surface area (Å²) in [5.41, 5.74) is 0. The van der Waals surface area contributed by atoms with Gasteiger partial charge < -0.3 is 4.90 Å². The van der Waals surface area contributed by atoms with Crippen LogP contribution >= 0.6 is 0 Å². The van der Waals surface area contributed by atoms with Gasteiger partial charge in [0.05, 0.1) is 0 Å². The zero-order chi connectivity index (χ0) is 17.9. The Morgan fingerprint density at radius 1 is 0.917 bits per heavy atom. The van der Waals surface area contributed by atoms with Gasteiger partial charge in [-0.25, -0.2) is 5.32 Å². The van der Waals surface area contributed by atoms with E-state index in [1.807, 2.05) is 0 Å². The normalized spacial score (nSPS) is 17.2. The van der Waals surface area contributed by atoms with Gasteiger partial charge in [0.1, 0.15) is 0 Å². The van der Waals surface area contributed by atoms with Crippen LogP contribution in [0.5, 0.6) is 0 Å². The third-order valence-electron chi connectivity index (χ3n) is 4.68. The Morgan fingerprint density at radius 2 is 1.46 bits per heavy atom. The van der Waals surface area contributed by atoms with Crippen LogP contribution in [0.15, 0.2) is 0 Å². The van der Waals surface area contributed by atoms with E-state index in [0.29, 0.717) is 0 Å². The second kappa shape index (κ2) is 18.1. The van der Waals surface area contributed by atoms with E-state index in [1.54, 1.807) is 5.32 Å². The quantitative estimate of drug-likeness (QED) is 0.321. The minimum atomic E-state index is 0.942. The molecule has 1 unspecified atom stereocenters. The molecule has 24 heavy (non-hydrogen) atoms. The van der Waals surface area contributed by atoms with Crippen molar-refractivity contribution in [1.29, 1.82) is 10.5 Å². The van der Waals surface area contributed by atoms with Gasteiger partial charge in [-0.05, 0) is 38.3 Å². The molecular weight excluding hydrogens is 296 g/mol. The summed E-state index contributed by atoms with van der Waals surface area (Å²) < 4.78 is 0. The van der Waals surface area contributed by atoms with Crippen LogP contribution < -0.4 is 5.32 Å². The predicted octanol–water partition coefficient (Wildman–Crippen LogP) is 5.18. The molecule has 138 valence electrons. The van der Waals surface area contributed by atoms with Gasteiger partial charge in [0.2, 0.25) is 0 Å². The molecule has 0 radical (unpaired) electrons. The van der Waals surface area contributed by atoms with E-state index >= 15 is 0 Å². The van der Waals surface area contributed by atoms with E-state index in [-0.39, 0.29) is 0 Å². The van der Waals surface area contributed by atoms with Crippen LogP contribution in [0.25, 0.3) is 0 Å². The molecule has 0 aromatic heterocycles. The molecule has 1 aliphatic heterocycles. The standard InChI is InChI=1S/C18H37N.C2HN3/c1-3-4-5-6-7-8-9-10-11-12-15-19-16-13-14-18(2)17-19;3-1-5-2-4/h18H,3-17H2,1-2H3;5H. The molecule has 1 fully saturated rings. The lowest BCUT2D eigenvalue weighted by atomic mass is 10.00. The summed E-state index contributed by atoms with van der Waals surface area (Å²) in [4.78, 5) is 2.69. The van der Waals surface area contributed by atoms with Crippen molar-refractivity contribution in [3.05, 3.63) is 0 Å². The van der Waals surface area contributed by atoms with Crippen molar-refractivity contribution in [2.75, 3.05) is 19.6 Å². The van der Waals surface area contributed by atoms with Crippen molar-refractivity contribution in [3.8, 4) is 12.4 Å². The zero-order valence-electron chi connectivity index (χ0n) is 16.0. The molecule has 0 aromatic carbocycles. The Hall–Kier alpha value is -1.26. The summed E-state index contributed by atoms with van der Waals surface area (Å²) in [5, 5.41) is 16.7. The monoisotopic (exact) mass is 334 g/mol. The molecule has 1 saturated heterocycles. The Labute approximate surface area is 150 Å². The first-order valence-electron chi connectivity index (χ1n) is 10.00. The van der Waals surface area contributed by atoms with Crippen molar-refractivity contribution in [1.82, 2.24) is 10.2 Å². The van der Waals surface area contributed by atoms with Gasteiger partial charge in [0.15, 0.2) is 12.4 Å². The van der Waals surface area contributed by atoms with Gasteiger partial charge >= 0.3 is 0 Å². The first-order chi connectivity index (χ1) is 11.7. The zero-order valence-corrected chi connectivity index (χ0v) is 16.0. The number of likely N-dealkylation sites (tertiary alicyclic amines) is 1. The molecule has 0 aliphatic carbocycles. The van der Waals surface area contributed by atoms with Crippen LogP contribution in [0.4, 0.5) is 0 Å². The van der Waals surface area contributed by atoms with Crippen LogP contribution in [0.3, 0.4) is 0 Å². The molecule has 0 saturated carbocycles. The molecule has 1 heterocycles. The predicted molar refractivity (Wildman–Crippen MR) is 101 cm³/mol. The Balaban J connectivity index is 0.000000922. The van der Waals surface area contributed by atoms with Gasteiger partial charge in [-0.15, -0.1) is 0 Å². The topological polar surface area (TPSA) is 62.9 Å². The highest BCUT2D eigenvalue weighted by Crippen LogP contribution is 2.16. The molecule has 0 aromatic rings. The van der Waals surface area contributed by atoms with Gasteiger partial charge in [0.25, 0.3) is 0 Å². The Bertz CT molecular complexity index is 331. The number of nitrogens with one attached hydrogen (secondary N) is 1. The highest BCUT2D eigenvalue weighted by Gasteiger charge is 2.14. The fourth-order valence-electron chi connectivity index (χ4n) is 3.34. The molecule has 0 amide bonds. The Morgan fingerprint density at radius 3 is 1.92 bits per heavy atom. The molecule has 0 spiro atoms. The third kappa shape index (κ3) is 15.6. The van der Waals surface area contributed by atoms with Crippen LogP contribution in [0, 0.1) is 28.8 Å². The Kier molecular flexibility index (Phi) is 17.1. The van der Waals surface area contributed by atoms with Crippen molar-refractivity contribution in [3.63, 3.8) is 0 Å². The lowest BCUT2D eigenvalue weighted by molar-refractivity contribution is 0.180. The molecular formula is C20H38N4. The number of rotatable bonds is 11. The minimum absolute atomic E-state index is 0.942. The molecule has 1 atom stereocenters. The average Bonchev–Trinajstić information content (AvgIpc) is 2.58. The van der Waals surface area contributed by atoms with Crippen LogP contribution in [-0.4, -0.2) is 24.5 Å².